The summed E-state index contributed by atoms with van der Waals surface area (Å²) in [5, 5.41) is 21.4. The van der Waals surface area contributed by atoms with Crippen LogP contribution in [0.5, 0.6) is 0 Å². The zero-order chi connectivity index (χ0) is 21.7. The van der Waals surface area contributed by atoms with Gasteiger partial charge < -0.3 is 31.1 Å². The van der Waals surface area contributed by atoms with E-state index in [1.165, 1.54) is 9.80 Å². The number of carbonyl (C=O) groups excluding carboxylic acids is 3. The Labute approximate surface area is 170 Å². The van der Waals surface area contributed by atoms with Gasteiger partial charge in [-0.3, -0.25) is 14.4 Å². The standard InChI is InChI=1S/C19H32N4O6/c1-3-11(2)15(20)18(27)22-8-4-6-13(22)16(25)21-12(10-24)17(26)23-9-5-7-14(23)19(28)29/h11-15,24H,3-10,20H2,1-2H3,(H,21,25)(H,28,29)/t11-,12-,13-,14-,15-/m0/s1. The second-order valence-electron chi connectivity index (χ2n) is 7.87. The minimum Gasteiger partial charge on any atom is -0.480 e. The molecule has 2 saturated heterocycles. The predicted octanol–water partition coefficient (Wildman–Crippen LogP) is -1.10. The van der Waals surface area contributed by atoms with Crippen LogP contribution < -0.4 is 11.1 Å². The molecule has 10 heteroatoms. The summed E-state index contributed by atoms with van der Waals surface area (Å²) in [6, 6.07) is -3.66. The molecule has 10 nitrogen and oxygen atoms in total. The van der Waals surface area contributed by atoms with Crippen LogP contribution in [0, 0.1) is 5.92 Å². The van der Waals surface area contributed by atoms with Crippen molar-refractivity contribution in [3.63, 3.8) is 0 Å². The Morgan fingerprint density at radius 1 is 1.07 bits per heavy atom. The van der Waals surface area contributed by atoms with E-state index in [1.54, 1.807) is 0 Å². The molecule has 0 unspecified atom stereocenters. The number of aliphatic carboxylic acids is 1. The molecule has 0 radical (unpaired) electrons. The van der Waals surface area contributed by atoms with Gasteiger partial charge in [0.2, 0.25) is 17.7 Å². The van der Waals surface area contributed by atoms with Gasteiger partial charge in [-0.05, 0) is 31.6 Å². The molecule has 2 aliphatic rings. The predicted molar refractivity (Wildman–Crippen MR) is 104 cm³/mol. The number of nitrogens with two attached hydrogens (primary N) is 1. The Morgan fingerprint density at radius 3 is 2.14 bits per heavy atom. The van der Waals surface area contributed by atoms with Gasteiger partial charge in [0.1, 0.15) is 18.1 Å². The van der Waals surface area contributed by atoms with E-state index >= 15 is 0 Å². The van der Waals surface area contributed by atoms with Crippen molar-refractivity contribution in [2.24, 2.45) is 11.7 Å². The van der Waals surface area contributed by atoms with E-state index in [9.17, 15) is 29.4 Å². The summed E-state index contributed by atoms with van der Waals surface area (Å²) in [4.78, 5) is 52.1. The lowest BCUT2D eigenvalue weighted by Gasteiger charge is -2.31. The van der Waals surface area contributed by atoms with Gasteiger partial charge in [0.25, 0.3) is 0 Å². The Kier molecular flexibility index (Phi) is 7.97. The highest BCUT2D eigenvalue weighted by Crippen LogP contribution is 2.22. The molecule has 0 saturated carbocycles. The van der Waals surface area contributed by atoms with Gasteiger partial charge >= 0.3 is 5.97 Å². The van der Waals surface area contributed by atoms with E-state index in [0.717, 1.165) is 6.42 Å². The third-order valence-corrected chi connectivity index (χ3v) is 6.00. The number of aliphatic hydroxyl groups is 1. The first-order valence-corrected chi connectivity index (χ1v) is 10.2. The summed E-state index contributed by atoms with van der Waals surface area (Å²) in [5.41, 5.74) is 6.04. The number of carboxylic acids is 1. The summed E-state index contributed by atoms with van der Waals surface area (Å²) >= 11 is 0. The highest BCUT2D eigenvalue weighted by atomic mass is 16.4. The quantitative estimate of drug-likeness (QED) is 0.395. The lowest BCUT2D eigenvalue weighted by molar-refractivity contribution is -0.150. The molecule has 0 aromatic heterocycles. The molecule has 5 atom stereocenters. The lowest BCUT2D eigenvalue weighted by atomic mass is 9.98. The van der Waals surface area contributed by atoms with Crippen molar-refractivity contribution < 1.29 is 29.4 Å². The molecule has 2 rings (SSSR count). The summed E-state index contributed by atoms with van der Waals surface area (Å²) in [6.45, 7) is 3.84. The molecule has 0 bridgehead atoms. The minimum atomic E-state index is -1.25. The number of amides is 3. The Balaban J connectivity index is 2.05. The van der Waals surface area contributed by atoms with Crippen LogP contribution in [-0.2, 0) is 19.2 Å². The van der Waals surface area contributed by atoms with Crippen molar-refractivity contribution in [3.05, 3.63) is 0 Å². The van der Waals surface area contributed by atoms with Gasteiger partial charge in [0, 0.05) is 13.1 Å². The Hall–Kier alpha value is -2.20. The maximum Gasteiger partial charge on any atom is 0.326 e. The van der Waals surface area contributed by atoms with Gasteiger partial charge in [0.15, 0.2) is 0 Å². The number of hydrogen-bond donors (Lipinski definition) is 4. The fraction of sp³-hybridized carbons (Fsp3) is 0.789. The molecule has 2 aliphatic heterocycles. The fourth-order valence-electron chi connectivity index (χ4n) is 3.93. The molecule has 29 heavy (non-hydrogen) atoms. The summed E-state index contributed by atoms with van der Waals surface area (Å²) < 4.78 is 0. The van der Waals surface area contributed by atoms with Gasteiger partial charge in [-0.15, -0.1) is 0 Å². The second-order valence-corrected chi connectivity index (χ2v) is 7.87. The zero-order valence-corrected chi connectivity index (χ0v) is 17.0. The number of rotatable bonds is 8. The minimum absolute atomic E-state index is 0.0262. The molecule has 2 heterocycles. The van der Waals surface area contributed by atoms with Crippen molar-refractivity contribution in [2.45, 2.75) is 70.1 Å². The van der Waals surface area contributed by atoms with E-state index in [0.29, 0.717) is 32.2 Å². The molecule has 0 aromatic rings. The molecule has 2 fully saturated rings. The van der Waals surface area contributed by atoms with Crippen molar-refractivity contribution in [3.8, 4) is 0 Å². The summed E-state index contributed by atoms with van der Waals surface area (Å²) in [7, 11) is 0. The monoisotopic (exact) mass is 412 g/mol. The van der Waals surface area contributed by atoms with Crippen molar-refractivity contribution in [2.75, 3.05) is 19.7 Å². The van der Waals surface area contributed by atoms with Crippen LogP contribution in [0.25, 0.3) is 0 Å². The van der Waals surface area contributed by atoms with Crippen LogP contribution in [0.1, 0.15) is 46.0 Å². The number of likely N-dealkylation sites (tertiary alicyclic amines) is 2. The first-order chi connectivity index (χ1) is 13.7. The van der Waals surface area contributed by atoms with Gasteiger partial charge in [0.05, 0.1) is 12.6 Å². The Bertz CT molecular complexity index is 642. The fourth-order valence-corrected chi connectivity index (χ4v) is 3.93. The maximum absolute atomic E-state index is 12.8. The smallest absolute Gasteiger partial charge is 0.326 e. The van der Waals surface area contributed by atoms with Crippen LogP contribution in [-0.4, -0.2) is 87.6 Å². The molecule has 0 aliphatic carbocycles. The van der Waals surface area contributed by atoms with Gasteiger partial charge in [-0.25, -0.2) is 4.79 Å². The van der Waals surface area contributed by atoms with Crippen LogP contribution in [0.2, 0.25) is 0 Å². The number of nitrogens with zero attached hydrogens (tertiary/aromatic N) is 2. The van der Waals surface area contributed by atoms with E-state index in [-0.39, 0.29) is 18.4 Å². The largest absolute Gasteiger partial charge is 0.480 e. The average Bonchev–Trinajstić information content (AvgIpc) is 3.39. The zero-order valence-electron chi connectivity index (χ0n) is 17.0. The number of nitrogens with one attached hydrogen (secondary N) is 1. The van der Waals surface area contributed by atoms with Crippen LogP contribution >= 0.6 is 0 Å². The summed E-state index contributed by atoms with van der Waals surface area (Å²) in [5.74, 6) is -2.59. The summed E-state index contributed by atoms with van der Waals surface area (Å²) in [6.07, 6.45) is 2.71. The molecular formula is C19H32N4O6. The molecule has 3 amide bonds. The van der Waals surface area contributed by atoms with Crippen LogP contribution in [0.3, 0.4) is 0 Å². The van der Waals surface area contributed by atoms with Crippen molar-refractivity contribution in [1.82, 2.24) is 15.1 Å². The van der Waals surface area contributed by atoms with E-state index < -0.39 is 48.6 Å². The van der Waals surface area contributed by atoms with Gasteiger partial charge in [-0.2, -0.15) is 0 Å². The van der Waals surface area contributed by atoms with Crippen LogP contribution in [0.15, 0.2) is 0 Å². The number of hydrogen-bond acceptors (Lipinski definition) is 6. The third-order valence-electron chi connectivity index (χ3n) is 6.00. The third kappa shape index (κ3) is 5.05. The topological polar surface area (TPSA) is 153 Å². The maximum atomic E-state index is 12.8. The van der Waals surface area contributed by atoms with E-state index in [4.69, 9.17) is 5.73 Å². The highest BCUT2D eigenvalue weighted by Gasteiger charge is 2.41. The Morgan fingerprint density at radius 2 is 1.62 bits per heavy atom. The SMILES string of the molecule is CC[C@H](C)[C@H](N)C(=O)N1CCC[C@H]1C(=O)N[C@@H](CO)C(=O)N1CCC[C@H]1C(=O)O. The first kappa shape index (κ1) is 23.1. The van der Waals surface area contributed by atoms with Gasteiger partial charge in [-0.1, -0.05) is 20.3 Å². The molecule has 0 spiro atoms. The lowest BCUT2D eigenvalue weighted by Crippen LogP contribution is -2.58. The molecule has 164 valence electrons. The molecular weight excluding hydrogens is 380 g/mol. The van der Waals surface area contributed by atoms with Crippen molar-refractivity contribution in [1.29, 1.82) is 0 Å². The van der Waals surface area contributed by atoms with Crippen molar-refractivity contribution >= 4 is 23.7 Å². The highest BCUT2D eigenvalue weighted by molar-refractivity contribution is 5.94. The number of carboxylic acid groups (broad SMARTS) is 1. The second kappa shape index (κ2) is 10.0. The first-order valence-electron chi connectivity index (χ1n) is 10.2. The normalized spacial score (nSPS) is 24.8. The van der Waals surface area contributed by atoms with Crippen LogP contribution in [0.4, 0.5) is 0 Å². The van der Waals surface area contributed by atoms with E-state index in [1.807, 2.05) is 13.8 Å². The number of aliphatic hydroxyl groups excluding tert-OH is 1. The molecule has 5 N–H and O–H groups in total. The van der Waals surface area contributed by atoms with E-state index in [2.05, 4.69) is 5.32 Å². The average molecular weight is 412 g/mol. The number of carbonyl (C=O) groups is 4. The molecule has 0 aromatic carbocycles.